The molecule has 0 aliphatic carbocycles. The first kappa shape index (κ1) is 22.6. The van der Waals surface area contributed by atoms with Gasteiger partial charge in [0.1, 0.15) is 5.69 Å². The molecule has 4 aromatic carbocycles. The molecule has 1 aliphatic rings. The largest absolute Gasteiger partial charge is 0.301 e. The van der Waals surface area contributed by atoms with E-state index in [9.17, 15) is 30.3 Å². The van der Waals surface area contributed by atoms with Crippen LogP contribution in [-0.2, 0) is 0 Å². The fourth-order valence-electron chi connectivity index (χ4n) is 4.42. The highest BCUT2D eigenvalue weighted by Crippen LogP contribution is 2.42. The Labute approximate surface area is 203 Å². The van der Waals surface area contributed by atoms with Crippen molar-refractivity contribution in [1.29, 1.82) is 0 Å². The van der Waals surface area contributed by atoms with Crippen molar-refractivity contribution < 1.29 is 14.8 Å². The van der Waals surface area contributed by atoms with Crippen molar-refractivity contribution in [2.75, 3.05) is 5.01 Å². The molecule has 0 amide bonds. The van der Waals surface area contributed by atoms with Gasteiger partial charge in [0, 0.05) is 30.2 Å². The molecule has 1 atom stereocenters. The molecule has 36 heavy (non-hydrogen) atoms. The fourth-order valence-corrected chi connectivity index (χ4v) is 4.42. The third-order valence-corrected chi connectivity index (χ3v) is 6.11. The van der Waals surface area contributed by atoms with Gasteiger partial charge in [-0.05, 0) is 22.4 Å². The van der Waals surface area contributed by atoms with E-state index < -0.39 is 32.2 Å². The number of hydrogen-bond donors (Lipinski definition) is 0. The Kier molecular flexibility index (Phi) is 5.57. The van der Waals surface area contributed by atoms with Crippen LogP contribution in [0.2, 0.25) is 0 Å². The van der Waals surface area contributed by atoms with Crippen LogP contribution in [0.25, 0.3) is 10.8 Å². The number of nitro benzene ring substituents is 3. The first-order valence-corrected chi connectivity index (χ1v) is 10.9. The number of hydrogen-bond acceptors (Lipinski definition) is 8. The van der Waals surface area contributed by atoms with Crippen LogP contribution in [0.4, 0.5) is 22.7 Å². The number of nitro groups is 3. The zero-order valence-corrected chi connectivity index (χ0v) is 18.6. The van der Waals surface area contributed by atoms with E-state index in [-0.39, 0.29) is 11.4 Å². The van der Waals surface area contributed by atoms with Gasteiger partial charge in [-0.1, -0.05) is 54.6 Å². The molecule has 0 bridgehead atoms. The van der Waals surface area contributed by atoms with Crippen molar-refractivity contribution in [3.8, 4) is 0 Å². The van der Waals surface area contributed by atoms with Crippen molar-refractivity contribution in [2.45, 2.75) is 12.5 Å². The van der Waals surface area contributed by atoms with Gasteiger partial charge < -0.3 is 0 Å². The second-order valence-corrected chi connectivity index (χ2v) is 8.17. The van der Waals surface area contributed by atoms with Crippen LogP contribution >= 0.6 is 0 Å². The van der Waals surface area contributed by atoms with Gasteiger partial charge >= 0.3 is 5.69 Å². The van der Waals surface area contributed by atoms with Gasteiger partial charge in [0.15, 0.2) is 0 Å². The summed E-state index contributed by atoms with van der Waals surface area (Å²) in [6.07, 6.45) is 0.361. The average molecular weight is 483 g/mol. The molecule has 0 saturated heterocycles. The predicted molar refractivity (Wildman–Crippen MR) is 133 cm³/mol. The van der Waals surface area contributed by atoms with Crippen LogP contribution in [0.1, 0.15) is 23.6 Å². The van der Waals surface area contributed by atoms with Gasteiger partial charge in [-0.25, -0.2) is 0 Å². The minimum atomic E-state index is -0.695. The van der Waals surface area contributed by atoms with E-state index >= 15 is 0 Å². The highest BCUT2D eigenvalue weighted by Gasteiger charge is 2.35. The molecule has 0 spiro atoms. The number of rotatable bonds is 6. The maximum Gasteiger partial charge on any atom is 0.301 e. The molecule has 1 unspecified atom stereocenters. The molecular formula is C25H17N5O6. The van der Waals surface area contributed by atoms with Crippen molar-refractivity contribution in [3.63, 3.8) is 0 Å². The summed E-state index contributed by atoms with van der Waals surface area (Å²) in [6.45, 7) is 0. The normalized spacial score (nSPS) is 15.1. The molecule has 0 saturated carbocycles. The number of benzene rings is 4. The summed E-state index contributed by atoms with van der Waals surface area (Å²) in [5.74, 6) is 0. The second-order valence-electron chi connectivity index (χ2n) is 8.17. The van der Waals surface area contributed by atoms with Gasteiger partial charge in [0.2, 0.25) is 0 Å². The van der Waals surface area contributed by atoms with Crippen molar-refractivity contribution in [1.82, 2.24) is 0 Å². The minimum absolute atomic E-state index is 0.0835. The van der Waals surface area contributed by atoms with Crippen molar-refractivity contribution in [3.05, 3.63) is 126 Å². The van der Waals surface area contributed by atoms with E-state index in [1.807, 2.05) is 42.5 Å². The average Bonchev–Trinajstić information content (AvgIpc) is 3.33. The monoisotopic (exact) mass is 483 g/mol. The Morgan fingerprint density at radius 2 is 1.42 bits per heavy atom. The number of hydrazone groups is 1. The topological polar surface area (TPSA) is 145 Å². The predicted octanol–water partition coefficient (Wildman–Crippen LogP) is 5.92. The zero-order valence-electron chi connectivity index (χ0n) is 18.6. The maximum atomic E-state index is 11.9. The van der Waals surface area contributed by atoms with Gasteiger partial charge in [-0.2, -0.15) is 5.10 Å². The summed E-state index contributed by atoms with van der Waals surface area (Å²) < 4.78 is 0. The third kappa shape index (κ3) is 3.98. The second kappa shape index (κ2) is 8.87. The Morgan fingerprint density at radius 1 is 0.750 bits per heavy atom. The number of nitrogens with zero attached hydrogens (tertiary/aromatic N) is 5. The molecule has 1 aliphatic heterocycles. The SMILES string of the molecule is O=[N+]([O-])c1ccc(C2CC(c3cccc4ccccc34)=NN2c2ccc([N+](=O)[O-])cc2[N+](=O)[O-])cc1. The number of anilines is 1. The molecule has 0 N–H and O–H groups in total. The van der Waals surface area contributed by atoms with E-state index in [0.717, 1.165) is 22.4 Å². The van der Waals surface area contributed by atoms with Crippen LogP contribution in [0, 0.1) is 30.3 Å². The fraction of sp³-hybridized carbons (Fsp3) is 0.0800. The van der Waals surface area contributed by atoms with Gasteiger partial charge in [-0.15, -0.1) is 0 Å². The van der Waals surface area contributed by atoms with E-state index in [1.54, 1.807) is 12.1 Å². The van der Waals surface area contributed by atoms with Crippen LogP contribution < -0.4 is 5.01 Å². The lowest BCUT2D eigenvalue weighted by Crippen LogP contribution is -2.19. The van der Waals surface area contributed by atoms with Crippen molar-refractivity contribution in [2.24, 2.45) is 5.10 Å². The lowest BCUT2D eigenvalue weighted by molar-refractivity contribution is -0.393. The molecule has 11 nitrogen and oxygen atoms in total. The highest BCUT2D eigenvalue weighted by molar-refractivity contribution is 6.12. The van der Waals surface area contributed by atoms with Gasteiger partial charge in [-0.3, -0.25) is 35.4 Å². The standard InChI is InChI=1S/C25H17N5O6/c31-28(32)18-10-8-17(9-11-18)24-15-22(21-7-3-5-16-4-1-2-6-20(16)21)26-27(24)23-13-12-19(29(33)34)14-25(23)30(35)36/h1-14,24H,15H2. The summed E-state index contributed by atoms with van der Waals surface area (Å²) in [5.41, 5.74) is 1.32. The van der Waals surface area contributed by atoms with Crippen LogP contribution in [-0.4, -0.2) is 20.5 Å². The van der Waals surface area contributed by atoms with Crippen LogP contribution in [0.5, 0.6) is 0 Å². The van der Waals surface area contributed by atoms with E-state index in [2.05, 4.69) is 0 Å². The van der Waals surface area contributed by atoms with E-state index in [4.69, 9.17) is 5.10 Å². The maximum absolute atomic E-state index is 11.9. The van der Waals surface area contributed by atoms with Crippen molar-refractivity contribution >= 4 is 39.2 Å². The zero-order chi connectivity index (χ0) is 25.4. The summed E-state index contributed by atoms with van der Waals surface area (Å²) in [6, 6.07) is 22.4. The lowest BCUT2D eigenvalue weighted by atomic mass is 9.95. The molecule has 0 fully saturated rings. The molecule has 4 aromatic rings. The molecule has 1 heterocycles. The summed E-state index contributed by atoms with van der Waals surface area (Å²) in [4.78, 5) is 32.4. The smallest absolute Gasteiger partial charge is 0.258 e. The molecule has 11 heteroatoms. The molecule has 0 radical (unpaired) electrons. The molecule has 178 valence electrons. The highest BCUT2D eigenvalue weighted by atomic mass is 16.6. The Bertz CT molecular complexity index is 1560. The number of non-ortho nitro benzene ring substituents is 2. The quantitative estimate of drug-likeness (QED) is 0.244. The Balaban J connectivity index is 1.67. The van der Waals surface area contributed by atoms with E-state index in [0.29, 0.717) is 17.7 Å². The summed E-state index contributed by atoms with van der Waals surface area (Å²) in [5, 5.41) is 42.4. The first-order valence-electron chi connectivity index (χ1n) is 10.9. The minimum Gasteiger partial charge on any atom is -0.258 e. The van der Waals surface area contributed by atoms with E-state index in [1.165, 1.54) is 29.3 Å². The van der Waals surface area contributed by atoms with Crippen LogP contribution in [0.15, 0.2) is 90.0 Å². The third-order valence-electron chi connectivity index (χ3n) is 6.11. The molecule has 0 aromatic heterocycles. The van der Waals surface area contributed by atoms with Gasteiger partial charge in [0.25, 0.3) is 11.4 Å². The van der Waals surface area contributed by atoms with Crippen LogP contribution in [0.3, 0.4) is 0 Å². The van der Waals surface area contributed by atoms with Gasteiger partial charge in [0.05, 0.1) is 32.6 Å². The molecule has 5 rings (SSSR count). The molecular weight excluding hydrogens is 466 g/mol. The summed E-state index contributed by atoms with van der Waals surface area (Å²) in [7, 11) is 0. The summed E-state index contributed by atoms with van der Waals surface area (Å²) >= 11 is 0. The lowest BCUT2D eigenvalue weighted by Gasteiger charge is -2.23. The Morgan fingerprint density at radius 3 is 2.11 bits per heavy atom. The number of fused-ring (bicyclic) bond motifs is 1. The first-order chi connectivity index (χ1) is 17.3. The Hall–Kier alpha value is -5.19.